The van der Waals surface area contributed by atoms with Crippen LogP contribution in [0.2, 0.25) is 0 Å². The van der Waals surface area contributed by atoms with Crippen molar-refractivity contribution in [2.75, 3.05) is 0 Å². The first-order valence-electron chi connectivity index (χ1n) is 7.24. The van der Waals surface area contributed by atoms with E-state index in [2.05, 4.69) is 19.1 Å². The van der Waals surface area contributed by atoms with Gasteiger partial charge in [-0.25, -0.2) is 0 Å². The van der Waals surface area contributed by atoms with Crippen LogP contribution in [-0.4, -0.2) is 5.78 Å². The molecule has 0 saturated carbocycles. The largest absolute Gasteiger partial charge is 0.466 e. The summed E-state index contributed by atoms with van der Waals surface area (Å²) in [5.74, 6) is 1.59. The van der Waals surface area contributed by atoms with Gasteiger partial charge in [-0.15, -0.1) is 0 Å². The Balaban J connectivity index is 2.25. The summed E-state index contributed by atoms with van der Waals surface area (Å²) in [4.78, 5) is 12.6. The number of rotatable bonds is 5. The molecule has 106 valence electrons. The number of furan rings is 1. The Hall–Kier alpha value is -1.83. The molecule has 20 heavy (non-hydrogen) atoms. The molecule has 0 unspecified atom stereocenters. The highest BCUT2D eigenvalue weighted by atomic mass is 16.3. The van der Waals surface area contributed by atoms with Gasteiger partial charge in [0.15, 0.2) is 5.78 Å². The van der Waals surface area contributed by atoms with Crippen LogP contribution >= 0.6 is 0 Å². The molecule has 2 rings (SSSR count). The molecule has 0 amide bonds. The smallest absolute Gasteiger partial charge is 0.196 e. The molecule has 0 saturated heterocycles. The van der Waals surface area contributed by atoms with Gasteiger partial charge in [0.25, 0.3) is 0 Å². The Labute approximate surface area is 120 Å². The fourth-order valence-corrected chi connectivity index (χ4v) is 2.48. The third kappa shape index (κ3) is 2.84. The molecule has 0 aliphatic heterocycles. The zero-order valence-electron chi connectivity index (χ0n) is 12.7. The Kier molecular flexibility index (Phi) is 4.43. The highest BCUT2D eigenvalue weighted by molar-refractivity contribution is 6.10. The van der Waals surface area contributed by atoms with E-state index in [1.807, 2.05) is 32.9 Å². The molecule has 0 aliphatic carbocycles. The molecular formula is C18H22O2. The second kappa shape index (κ2) is 6.08. The molecule has 2 aromatic rings. The molecule has 1 aromatic heterocycles. The van der Waals surface area contributed by atoms with Crippen molar-refractivity contribution in [3.63, 3.8) is 0 Å². The molecule has 2 nitrogen and oxygen atoms in total. The summed E-state index contributed by atoms with van der Waals surface area (Å²) in [6.07, 6.45) is 3.45. The van der Waals surface area contributed by atoms with Gasteiger partial charge in [0.1, 0.15) is 11.5 Å². The third-order valence-corrected chi connectivity index (χ3v) is 3.82. The van der Waals surface area contributed by atoms with E-state index in [1.165, 1.54) is 18.4 Å². The molecule has 0 bridgehead atoms. The Morgan fingerprint density at radius 2 is 1.70 bits per heavy atom. The fraction of sp³-hybridized carbons (Fsp3) is 0.389. The van der Waals surface area contributed by atoms with E-state index in [9.17, 15) is 4.79 Å². The van der Waals surface area contributed by atoms with Crippen LogP contribution in [0.25, 0.3) is 0 Å². The van der Waals surface area contributed by atoms with E-state index >= 15 is 0 Å². The Bertz CT molecular complexity index is 603. The lowest BCUT2D eigenvalue weighted by Gasteiger charge is -2.04. The van der Waals surface area contributed by atoms with Crippen LogP contribution in [0.1, 0.15) is 58.3 Å². The minimum absolute atomic E-state index is 0.0545. The van der Waals surface area contributed by atoms with Crippen molar-refractivity contribution in [2.24, 2.45) is 0 Å². The normalized spacial score (nSPS) is 10.8. The highest BCUT2D eigenvalue weighted by Gasteiger charge is 2.19. The monoisotopic (exact) mass is 270 g/mol. The molecule has 0 aliphatic rings. The zero-order valence-corrected chi connectivity index (χ0v) is 12.7. The Morgan fingerprint density at radius 1 is 1.05 bits per heavy atom. The molecule has 0 fully saturated rings. The maximum Gasteiger partial charge on any atom is 0.196 e. The van der Waals surface area contributed by atoms with Crippen LogP contribution in [0.3, 0.4) is 0 Å². The number of ketones is 1. The molecule has 0 radical (unpaired) electrons. The van der Waals surface area contributed by atoms with Crippen molar-refractivity contribution in [1.82, 2.24) is 0 Å². The lowest BCUT2D eigenvalue weighted by molar-refractivity contribution is 0.103. The number of carbonyl (C=O) groups excluding carboxylic acids is 1. The van der Waals surface area contributed by atoms with Gasteiger partial charge in [0.05, 0.1) is 5.56 Å². The predicted molar refractivity (Wildman–Crippen MR) is 81.4 cm³/mol. The van der Waals surface area contributed by atoms with Crippen LogP contribution < -0.4 is 0 Å². The average Bonchev–Trinajstić information content (AvgIpc) is 2.70. The van der Waals surface area contributed by atoms with Crippen LogP contribution in [0.5, 0.6) is 0 Å². The lowest BCUT2D eigenvalue weighted by atomic mass is 9.98. The minimum Gasteiger partial charge on any atom is -0.466 e. The third-order valence-electron chi connectivity index (χ3n) is 3.82. The number of hydrogen-bond donors (Lipinski definition) is 0. The molecule has 2 heteroatoms. The van der Waals surface area contributed by atoms with E-state index in [-0.39, 0.29) is 5.78 Å². The maximum absolute atomic E-state index is 12.6. The van der Waals surface area contributed by atoms with Crippen molar-refractivity contribution in [3.05, 3.63) is 58.0 Å². The molecular weight excluding hydrogens is 248 g/mol. The van der Waals surface area contributed by atoms with Gasteiger partial charge >= 0.3 is 0 Å². The van der Waals surface area contributed by atoms with Crippen molar-refractivity contribution >= 4 is 5.78 Å². The summed E-state index contributed by atoms with van der Waals surface area (Å²) >= 11 is 0. The quantitative estimate of drug-likeness (QED) is 0.732. The summed E-state index contributed by atoms with van der Waals surface area (Å²) in [6.45, 7) is 7.87. The van der Waals surface area contributed by atoms with Gasteiger partial charge in [-0.05, 0) is 39.2 Å². The second-order valence-corrected chi connectivity index (χ2v) is 5.34. The first-order chi connectivity index (χ1) is 9.54. The maximum atomic E-state index is 12.6. The van der Waals surface area contributed by atoms with Crippen LogP contribution in [0, 0.1) is 20.8 Å². The molecule has 1 heterocycles. The summed E-state index contributed by atoms with van der Waals surface area (Å²) in [5, 5.41) is 0. The average molecular weight is 270 g/mol. The predicted octanol–water partition coefficient (Wildman–Crippen LogP) is 4.78. The van der Waals surface area contributed by atoms with Crippen molar-refractivity contribution in [2.45, 2.75) is 47.0 Å². The van der Waals surface area contributed by atoms with Crippen molar-refractivity contribution in [1.29, 1.82) is 0 Å². The van der Waals surface area contributed by atoms with Gasteiger partial charge < -0.3 is 4.42 Å². The van der Waals surface area contributed by atoms with Crippen LogP contribution in [0.15, 0.2) is 28.7 Å². The molecule has 0 N–H and O–H groups in total. The fourth-order valence-electron chi connectivity index (χ4n) is 2.48. The van der Waals surface area contributed by atoms with Crippen molar-refractivity contribution < 1.29 is 9.21 Å². The highest BCUT2D eigenvalue weighted by Crippen LogP contribution is 2.24. The number of carbonyl (C=O) groups is 1. The van der Waals surface area contributed by atoms with Gasteiger partial charge in [-0.1, -0.05) is 37.6 Å². The Morgan fingerprint density at radius 3 is 2.20 bits per heavy atom. The van der Waals surface area contributed by atoms with E-state index in [0.717, 1.165) is 23.3 Å². The summed E-state index contributed by atoms with van der Waals surface area (Å²) in [5.41, 5.74) is 3.68. The standard InChI is InChI=1S/C18H22O2/c1-5-6-7-15-8-10-16(11-9-15)18(19)17-12(2)13(3)20-14(17)4/h8-11H,5-7H2,1-4H3. The minimum atomic E-state index is 0.0545. The SMILES string of the molecule is CCCCc1ccc(C(=O)c2c(C)oc(C)c2C)cc1. The molecule has 0 spiro atoms. The van der Waals surface area contributed by atoms with Crippen LogP contribution in [0.4, 0.5) is 0 Å². The van der Waals surface area contributed by atoms with E-state index < -0.39 is 0 Å². The number of hydrogen-bond acceptors (Lipinski definition) is 2. The summed E-state index contributed by atoms with van der Waals surface area (Å²) < 4.78 is 5.54. The van der Waals surface area contributed by atoms with Gasteiger partial charge in [-0.2, -0.15) is 0 Å². The zero-order chi connectivity index (χ0) is 14.7. The number of benzene rings is 1. The van der Waals surface area contributed by atoms with E-state index in [4.69, 9.17) is 4.42 Å². The van der Waals surface area contributed by atoms with Crippen molar-refractivity contribution in [3.8, 4) is 0 Å². The van der Waals surface area contributed by atoms with E-state index in [0.29, 0.717) is 11.3 Å². The van der Waals surface area contributed by atoms with Gasteiger partial charge in [-0.3, -0.25) is 4.79 Å². The first-order valence-corrected chi connectivity index (χ1v) is 7.24. The van der Waals surface area contributed by atoms with Gasteiger partial charge in [0.2, 0.25) is 0 Å². The molecule has 0 atom stereocenters. The van der Waals surface area contributed by atoms with E-state index in [1.54, 1.807) is 0 Å². The van der Waals surface area contributed by atoms with Gasteiger partial charge in [0, 0.05) is 11.1 Å². The molecule has 1 aromatic carbocycles. The summed E-state index contributed by atoms with van der Waals surface area (Å²) in [6, 6.07) is 7.96. The summed E-state index contributed by atoms with van der Waals surface area (Å²) in [7, 11) is 0. The number of unbranched alkanes of at least 4 members (excludes halogenated alkanes) is 1. The number of aryl methyl sites for hydroxylation is 3. The first kappa shape index (κ1) is 14.6. The topological polar surface area (TPSA) is 30.2 Å². The lowest BCUT2D eigenvalue weighted by Crippen LogP contribution is -2.04. The second-order valence-electron chi connectivity index (χ2n) is 5.34. The van der Waals surface area contributed by atoms with Crippen LogP contribution in [-0.2, 0) is 6.42 Å².